The lowest BCUT2D eigenvalue weighted by Gasteiger charge is -2.38. The van der Waals surface area contributed by atoms with E-state index >= 15 is 0 Å². The minimum atomic E-state index is -0.316. The van der Waals surface area contributed by atoms with E-state index in [0.717, 1.165) is 13.1 Å². The Bertz CT molecular complexity index is 704. The van der Waals surface area contributed by atoms with E-state index in [2.05, 4.69) is 15.1 Å². The Hall–Kier alpha value is -1.38. The summed E-state index contributed by atoms with van der Waals surface area (Å²) in [6.45, 7) is 7.86. The predicted molar refractivity (Wildman–Crippen MR) is 110 cm³/mol. The summed E-state index contributed by atoms with van der Waals surface area (Å²) in [6.07, 6.45) is 0. The Morgan fingerprint density at radius 3 is 2.43 bits per heavy atom. The average Bonchev–Trinajstić information content (AvgIpc) is 2.70. The lowest BCUT2D eigenvalue weighted by molar-refractivity contribution is -0.135. The molecule has 1 N–H and O–H groups in total. The summed E-state index contributed by atoms with van der Waals surface area (Å²) in [5.41, 5.74) is 0.544. The fourth-order valence-electron chi connectivity index (χ4n) is 3.40. The van der Waals surface area contributed by atoms with E-state index in [9.17, 15) is 9.59 Å². The molecule has 1 aromatic rings. The van der Waals surface area contributed by atoms with Gasteiger partial charge in [-0.3, -0.25) is 19.4 Å². The van der Waals surface area contributed by atoms with Crippen molar-refractivity contribution in [2.75, 3.05) is 64.3 Å². The number of carbonyl (C=O) groups is 2. The van der Waals surface area contributed by atoms with Crippen LogP contribution in [0.5, 0.6) is 0 Å². The molecular weight excluding hydrogens is 403 g/mol. The number of ether oxygens (including phenoxy) is 1. The highest BCUT2D eigenvalue weighted by molar-refractivity contribution is 6.36. The number of nitrogens with one attached hydrogen (secondary N) is 1. The molecular formula is C19H26Cl2N4O3. The molecule has 2 heterocycles. The first-order chi connectivity index (χ1) is 13.4. The molecule has 1 aromatic carbocycles. The number of amides is 2. The fraction of sp³-hybridized carbons (Fsp3) is 0.579. The van der Waals surface area contributed by atoms with Crippen molar-refractivity contribution in [2.45, 2.75) is 13.0 Å². The second-order valence-electron chi connectivity index (χ2n) is 7.09. The lowest BCUT2D eigenvalue weighted by Crippen LogP contribution is -2.55. The van der Waals surface area contributed by atoms with Gasteiger partial charge in [0.2, 0.25) is 11.8 Å². The average molecular weight is 429 g/mol. The quantitative estimate of drug-likeness (QED) is 0.774. The van der Waals surface area contributed by atoms with Crippen LogP contribution < -0.4 is 5.32 Å². The van der Waals surface area contributed by atoms with E-state index in [1.165, 1.54) is 0 Å². The van der Waals surface area contributed by atoms with Gasteiger partial charge >= 0.3 is 0 Å². The first kappa shape index (κ1) is 21.3. The maximum atomic E-state index is 12.6. The Morgan fingerprint density at radius 1 is 1.11 bits per heavy atom. The monoisotopic (exact) mass is 428 g/mol. The third-order valence-electron chi connectivity index (χ3n) is 5.25. The van der Waals surface area contributed by atoms with Gasteiger partial charge in [0.15, 0.2) is 0 Å². The first-order valence-electron chi connectivity index (χ1n) is 9.52. The largest absolute Gasteiger partial charge is 0.379 e. The number of benzene rings is 1. The van der Waals surface area contributed by atoms with E-state index in [0.29, 0.717) is 61.7 Å². The number of rotatable bonds is 5. The zero-order valence-electron chi connectivity index (χ0n) is 16.0. The third-order valence-corrected chi connectivity index (χ3v) is 5.79. The molecule has 154 valence electrons. The molecule has 2 saturated heterocycles. The van der Waals surface area contributed by atoms with Crippen LogP contribution in [0.4, 0.5) is 5.69 Å². The van der Waals surface area contributed by atoms with Gasteiger partial charge in [-0.05, 0) is 25.1 Å². The van der Waals surface area contributed by atoms with E-state index in [-0.39, 0.29) is 17.9 Å². The number of hydrogen-bond acceptors (Lipinski definition) is 5. The number of hydrogen-bond donors (Lipinski definition) is 1. The van der Waals surface area contributed by atoms with Crippen molar-refractivity contribution in [3.8, 4) is 0 Å². The summed E-state index contributed by atoms with van der Waals surface area (Å²) >= 11 is 12.0. The molecule has 3 rings (SSSR count). The van der Waals surface area contributed by atoms with Gasteiger partial charge in [0.25, 0.3) is 0 Å². The number of nitrogens with zero attached hydrogens (tertiary/aromatic N) is 3. The summed E-state index contributed by atoms with van der Waals surface area (Å²) < 4.78 is 5.32. The predicted octanol–water partition coefficient (Wildman–Crippen LogP) is 1.80. The molecule has 0 aromatic heterocycles. The number of carbonyl (C=O) groups excluding carboxylic acids is 2. The molecule has 7 nitrogen and oxygen atoms in total. The van der Waals surface area contributed by atoms with Gasteiger partial charge in [-0.2, -0.15) is 0 Å². The van der Waals surface area contributed by atoms with Gasteiger partial charge in [-0.15, -0.1) is 0 Å². The van der Waals surface area contributed by atoms with Gasteiger partial charge in [0.05, 0.1) is 36.5 Å². The van der Waals surface area contributed by atoms with Gasteiger partial charge in [0.1, 0.15) is 0 Å². The molecule has 0 aliphatic carbocycles. The molecule has 1 atom stereocenters. The van der Waals surface area contributed by atoms with Crippen LogP contribution in [-0.2, 0) is 14.3 Å². The van der Waals surface area contributed by atoms with Crippen LogP contribution in [0.15, 0.2) is 18.2 Å². The summed E-state index contributed by atoms with van der Waals surface area (Å²) in [7, 11) is 0. The van der Waals surface area contributed by atoms with Crippen molar-refractivity contribution in [2.24, 2.45) is 0 Å². The van der Waals surface area contributed by atoms with Crippen molar-refractivity contribution in [3.63, 3.8) is 0 Å². The topological polar surface area (TPSA) is 65.1 Å². The highest BCUT2D eigenvalue weighted by Crippen LogP contribution is 2.25. The number of halogens is 2. The van der Waals surface area contributed by atoms with E-state index in [1.54, 1.807) is 18.2 Å². The molecule has 9 heteroatoms. The van der Waals surface area contributed by atoms with Crippen molar-refractivity contribution in [1.82, 2.24) is 14.7 Å². The molecule has 0 saturated carbocycles. The number of morpholine rings is 1. The van der Waals surface area contributed by atoms with Crippen LogP contribution in [0.2, 0.25) is 10.0 Å². The Balaban J connectivity index is 1.46. The molecule has 2 amide bonds. The van der Waals surface area contributed by atoms with Crippen LogP contribution in [0, 0.1) is 0 Å². The number of piperazine rings is 1. The summed E-state index contributed by atoms with van der Waals surface area (Å²) in [5, 5.41) is 3.78. The summed E-state index contributed by atoms with van der Waals surface area (Å²) in [6, 6.07) is 4.66. The third kappa shape index (κ3) is 5.58. The smallest absolute Gasteiger partial charge is 0.241 e. The van der Waals surface area contributed by atoms with Crippen LogP contribution in [0.3, 0.4) is 0 Å². The van der Waals surface area contributed by atoms with Crippen molar-refractivity contribution in [3.05, 3.63) is 28.2 Å². The zero-order chi connectivity index (χ0) is 20.1. The Kier molecular flexibility index (Phi) is 7.54. The number of anilines is 1. The van der Waals surface area contributed by atoms with Gasteiger partial charge in [-0.25, -0.2) is 0 Å². The standard InChI is InChI=1S/C19H26Cl2N4O3/c1-14(19(27)22-17-3-2-15(20)12-16(17)21)24-4-6-25(7-5-24)18(26)13-23-8-10-28-11-9-23/h2-3,12,14H,4-11,13H2,1H3,(H,22,27). The van der Waals surface area contributed by atoms with Gasteiger partial charge < -0.3 is 15.0 Å². The second-order valence-corrected chi connectivity index (χ2v) is 7.94. The second kappa shape index (κ2) is 9.89. The maximum absolute atomic E-state index is 12.6. The minimum absolute atomic E-state index is 0.127. The van der Waals surface area contributed by atoms with Crippen molar-refractivity contribution < 1.29 is 14.3 Å². The molecule has 0 spiro atoms. The van der Waals surface area contributed by atoms with Gasteiger partial charge in [0, 0.05) is 44.3 Å². The van der Waals surface area contributed by atoms with Crippen LogP contribution in [-0.4, -0.2) is 91.6 Å². The summed E-state index contributed by atoms with van der Waals surface area (Å²) in [5.74, 6) is 0.0175. The fourth-order valence-corrected chi connectivity index (χ4v) is 3.86. The lowest BCUT2D eigenvalue weighted by atomic mass is 10.2. The van der Waals surface area contributed by atoms with E-state index in [4.69, 9.17) is 27.9 Å². The van der Waals surface area contributed by atoms with E-state index in [1.807, 2.05) is 11.8 Å². The van der Waals surface area contributed by atoms with E-state index < -0.39 is 0 Å². The normalized spacial score (nSPS) is 20.0. The van der Waals surface area contributed by atoms with Crippen LogP contribution in [0.25, 0.3) is 0 Å². The first-order valence-corrected chi connectivity index (χ1v) is 10.3. The molecule has 0 bridgehead atoms. The summed E-state index contributed by atoms with van der Waals surface area (Å²) in [4.78, 5) is 31.2. The SMILES string of the molecule is CC(C(=O)Nc1ccc(Cl)cc1Cl)N1CCN(C(=O)CN2CCOCC2)CC1. The van der Waals surface area contributed by atoms with Crippen LogP contribution in [0.1, 0.15) is 6.92 Å². The zero-order valence-corrected chi connectivity index (χ0v) is 17.5. The molecule has 2 fully saturated rings. The Labute approximate surface area is 175 Å². The molecule has 28 heavy (non-hydrogen) atoms. The molecule has 1 unspecified atom stereocenters. The highest BCUT2D eigenvalue weighted by Gasteiger charge is 2.28. The van der Waals surface area contributed by atoms with Crippen molar-refractivity contribution >= 4 is 40.7 Å². The highest BCUT2D eigenvalue weighted by atomic mass is 35.5. The molecule has 2 aliphatic rings. The van der Waals surface area contributed by atoms with Crippen molar-refractivity contribution in [1.29, 1.82) is 0 Å². The van der Waals surface area contributed by atoms with Crippen LogP contribution >= 0.6 is 23.2 Å². The van der Waals surface area contributed by atoms with Gasteiger partial charge in [-0.1, -0.05) is 23.2 Å². The Morgan fingerprint density at radius 2 is 1.79 bits per heavy atom. The molecule has 2 aliphatic heterocycles. The minimum Gasteiger partial charge on any atom is -0.379 e. The maximum Gasteiger partial charge on any atom is 0.241 e. The molecule has 0 radical (unpaired) electrons.